The number of esters is 1. The van der Waals surface area contributed by atoms with Crippen LogP contribution in [0.15, 0.2) is 18.2 Å². The number of hydrogen-bond donors (Lipinski definition) is 1. The highest BCUT2D eigenvalue weighted by Gasteiger charge is 2.31. The van der Waals surface area contributed by atoms with Crippen molar-refractivity contribution in [3.8, 4) is 0 Å². The van der Waals surface area contributed by atoms with Crippen molar-refractivity contribution in [1.29, 1.82) is 0 Å². The van der Waals surface area contributed by atoms with Crippen LogP contribution in [0.5, 0.6) is 0 Å². The van der Waals surface area contributed by atoms with Crippen molar-refractivity contribution in [2.24, 2.45) is 0 Å². The number of imidazole rings is 1. The van der Waals surface area contributed by atoms with E-state index in [9.17, 15) is 14.7 Å². The number of carbonyl (C=O) groups excluding carboxylic acids is 1. The zero-order valence-corrected chi connectivity index (χ0v) is 11.7. The number of aromatic carboxylic acids is 1. The van der Waals surface area contributed by atoms with Gasteiger partial charge in [-0.1, -0.05) is 6.07 Å². The Hall–Kier alpha value is -2.37. The smallest absolute Gasteiger partial charge is 0.337 e. The molecule has 3 rings (SSSR count). The van der Waals surface area contributed by atoms with Gasteiger partial charge in [-0.15, -0.1) is 0 Å². The Balaban J connectivity index is 2.11. The van der Waals surface area contributed by atoms with E-state index in [0.717, 1.165) is 18.7 Å². The topological polar surface area (TPSA) is 81.4 Å². The van der Waals surface area contributed by atoms with Gasteiger partial charge in [0.2, 0.25) is 0 Å². The number of rotatable bonds is 5. The van der Waals surface area contributed by atoms with Crippen molar-refractivity contribution in [3.05, 3.63) is 29.6 Å². The molecule has 110 valence electrons. The van der Waals surface area contributed by atoms with Gasteiger partial charge < -0.3 is 14.4 Å². The number of fused-ring (bicyclic) bond motifs is 1. The lowest BCUT2D eigenvalue weighted by atomic mass is 10.2. The molecule has 1 aromatic carbocycles. The lowest BCUT2D eigenvalue weighted by Gasteiger charge is -2.08. The molecule has 1 N–H and O–H groups in total. The van der Waals surface area contributed by atoms with E-state index in [1.165, 1.54) is 6.07 Å². The fraction of sp³-hybridized carbons (Fsp3) is 0.400. The van der Waals surface area contributed by atoms with Crippen molar-refractivity contribution >= 4 is 23.0 Å². The molecular formula is C15H16N2O4. The molecule has 0 aliphatic heterocycles. The summed E-state index contributed by atoms with van der Waals surface area (Å²) < 4.78 is 6.78. The van der Waals surface area contributed by atoms with E-state index in [1.807, 2.05) is 0 Å². The number of aromatic nitrogens is 2. The summed E-state index contributed by atoms with van der Waals surface area (Å²) in [6.45, 7) is 2.15. The second kappa shape index (κ2) is 5.20. The summed E-state index contributed by atoms with van der Waals surface area (Å²) in [6.07, 6.45) is 2.04. The Bertz CT molecular complexity index is 716. The van der Waals surface area contributed by atoms with Gasteiger partial charge in [0, 0.05) is 5.92 Å². The van der Waals surface area contributed by atoms with Gasteiger partial charge in [-0.3, -0.25) is 4.79 Å². The molecule has 0 radical (unpaired) electrons. The normalized spacial score (nSPS) is 14.3. The van der Waals surface area contributed by atoms with Crippen LogP contribution in [0.2, 0.25) is 0 Å². The summed E-state index contributed by atoms with van der Waals surface area (Å²) in [5, 5.41) is 9.26. The molecule has 1 fully saturated rings. The molecule has 0 atom stereocenters. The lowest BCUT2D eigenvalue weighted by Crippen LogP contribution is -2.15. The molecular weight excluding hydrogens is 272 g/mol. The average molecular weight is 288 g/mol. The van der Waals surface area contributed by atoms with Crippen LogP contribution in [0.3, 0.4) is 0 Å². The van der Waals surface area contributed by atoms with Gasteiger partial charge in [0.25, 0.3) is 0 Å². The Morgan fingerprint density at radius 2 is 2.19 bits per heavy atom. The van der Waals surface area contributed by atoms with E-state index in [1.54, 1.807) is 23.6 Å². The molecule has 0 saturated heterocycles. The second-order valence-electron chi connectivity index (χ2n) is 5.11. The van der Waals surface area contributed by atoms with Crippen LogP contribution >= 0.6 is 0 Å². The Morgan fingerprint density at radius 1 is 1.43 bits per heavy atom. The van der Waals surface area contributed by atoms with Crippen LogP contribution in [0.25, 0.3) is 11.0 Å². The molecule has 0 unspecified atom stereocenters. The molecule has 1 saturated carbocycles. The van der Waals surface area contributed by atoms with Crippen LogP contribution in [0.4, 0.5) is 0 Å². The van der Waals surface area contributed by atoms with Gasteiger partial charge in [0.1, 0.15) is 17.9 Å². The number of carboxylic acid groups (broad SMARTS) is 1. The third-order valence-electron chi connectivity index (χ3n) is 3.57. The molecule has 0 spiro atoms. The summed E-state index contributed by atoms with van der Waals surface area (Å²) in [7, 11) is 0. The molecule has 1 aliphatic carbocycles. The first kappa shape index (κ1) is 13.6. The molecule has 0 amide bonds. The third kappa shape index (κ3) is 2.49. The predicted molar refractivity (Wildman–Crippen MR) is 75.3 cm³/mol. The summed E-state index contributed by atoms with van der Waals surface area (Å²) >= 11 is 0. The van der Waals surface area contributed by atoms with E-state index >= 15 is 0 Å². The zero-order chi connectivity index (χ0) is 15.0. The number of benzene rings is 1. The van der Waals surface area contributed by atoms with Crippen molar-refractivity contribution in [1.82, 2.24) is 9.55 Å². The lowest BCUT2D eigenvalue weighted by molar-refractivity contribution is -0.143. The van der Waals surface area contributed by atoms with E-state index < -0.39 is 5.97 Å². The van der Waals surface area contributed by atoms with Gasteiger partial charge in [-0.2, -0.15) is 0 Å². The van der Waals surface area contributed by atoms with Crippen molar-refractivity contribution in [3.63, 3.8) is 0 Å². The number of carbonyl (C=O) groups is 2. The largest absolute Gasteiger partial charge is 0.478 e. The summed E-state index contributed by atoms with van der Waals surface area (Å²) in [5.41, 5.74) is 1.28. The fourth-order valence-electron chi connectivity index (χ4n) is 2.49. The number of para-hydroxylation sites is 1. The molecule has 6 nitrogen and oxygen atoms in total. The summed E-state index contributed by atoms with van der Waals surface area (Å²) in [4.78, 5) is 27.6. The molecule has 6 heteroatoms. The van der Waals surface area contributed by atoms with Crippen LogP contribution in [0.1, 0.15) is 41.9 Å². The Kier molecular flexibility index (Phi) is 3.37. The minimum absolute atomic E-state index is 0.0687. The van der Waals surface area contributed by atoms with E-state index in [4.69, 9.17) is 4.74 Å². The predicted octanol–water partition coefficient (Wildman–Crippen LogP) is 2.17. The molecule has 0 bridgehead atoms. The van der Waals surface area contributed by atoms with Crippen molar-refractivity contribution < 1.29 is 19.4 Å². The van der Waals surface area contributed by atoms with Crippen molar-refractivity contribution in [2.45, 2.75) is 32.2 Å². The minimum Gasteiger partial charge on any atom is -0.478 e. The van der Waals surface area contributed by atoms with Crippen LogP contribution < -0.4 is 0 Å². The zero-order valence-electron chi connectivity index (χ0n) is 11.7. The van der Waals surface area contributed by atoms with Crippen molar-refractivity contribution in [2.75, 3.05) is 6.61 Å². The number of nitrogens with zero attached hydrogens (tertiary/aromatic N) is 2. The molecule has 1 aliphatic rings. The third-order valence-corrected chi connectivity index (χ3v) is 3.57. The van der Waals surface area contributed by atoms with Gasteiger partial charge in [-0.25, -0.2) is 9.78 Å². The maximum absolute atomic E-state index is 11.8. The fourth-order valence-corrected chi connectivity index (χ4v) is 2.49. The Labute approximate surface area is 121 Å². The minimum atomic E-state index is -1.01. The maximum atomic E-state index is 11.8. The molecule has 21 heavy (non-hydrogen) atoms. The quantitative estimate of drug-likeness (QED) is 0.853. The summed E-state index contributed by atoms with van der Waals surface area (Å²) in [5.74, 6) is -0.247. The highest BCUT2D eigenvalue weighted by molar-refractivity contribution is 6.01. The standard InChI is InChI=1S/C15H16N2O4/c1-2-21-12(18)8-17-11-5-3-4-10(15(19)20)13(11)16-14(17)9-6-7-9/h3-5,9H,2,6-8H2,1H3,(H,19,20). The van der Waals surface area contributed by atoms with E-state index in [-0.39, 0.29) is 18.1 Å². The van der Waals surface area contributed by atoms with Gasteiger partial charge in [-0.05, 0) is 31.9 Å². The first-order valence-corrected chi connectivity index (χ1v) is 7.00. The second-order valence-corrected chi connectivity index (χ2v) is 5.11. The molecule has 1 heterocycles. The van der Waals surface area contributed by atoms with Gasteiger partial charge in [0.05, 0.1) is 17.7 Å². The monoisotopic (exact) mass is 288 g/mol. The van der Waals surface area contributed by atoms with E-state index in [2.05, 4.69) is 4.98 Å². The number of carboxylic acids is 1. The molecule has 2 aromatic rings. The van der Waals surface area contributed by atoms with Crippen LogP contribution in [0, 0.1) is 0 Å². The summed E-state index contributed by atoms with van der Waals surface area (Å²) in [6, 6.07) is 4.99. The van der Waals surface area contributed by atoms with Crippen LogP contribution in [-0.2, 0) is 16.1 Å². The SMILES string of the molecule is CCOC(=O)Cn1c(C2CC2)nc2c(C(=O)O)cccc21. The number of hydrogen-bond acceptors (Lipinski definition) is 4. The first-order valence-electron chi connectivity index (χ1n) is 7.00. The van der Waals surface area contributed by atoms with Gasteiger partial charge >= 0.3 is 11.9 Å². The van der Waals surface area contributed by atoms with Crippen LogP contribution in [-0.4, -0.2) is 33.2 Å². The average Bonchev–Trinajstić information content (AvgIpc) is 3.22. The first-order chi connectivity index (χ1) is 10.1. The van der Waals surface area contributed by atoms with E-state index in [0.29, 0.717) is 23.6 Å². The Morgan fingerprint density at radius 3 is 2.81 bits per heavy atom. The number of ether oxygens (including phenoxy) is 1. The molecule has 1 aromatic heterocycles. The maximum Gasteiger partial charge on any atom is 0.337 e. The highest BCUT2D eigenvalue weighted by Crippen LogP contribution is 2.41. The van der Waals surface area contributed by atoms with Gasteiger partial charge in [0.15, 0.2) is 0 Å². The highest BCUT2D eigenvalue weighted by atomic mass is 16.5.